The Morgan fingerprint density at radius 1 is 0.795 bits per heavy atom. The topological polar surface area (TPSA) is 364 Å². The molecule has 23 nitrogen and oxygen atoms in total. The molecule has 0 bridgehead atoms. The number of nitrogens with one attached hydrogen (secondary N) is 1. The number of rotatable bonds is 12. The number of hydrogen-bond acceptors (Lipinski definition) is 19. The van der Waals surface area contributed by atoms with Crippen molar-refractivity contribution in [2.24, 2.45) is 0 Å². The van der Waals surface area contributed by atoms with E-state index in [1.165, 1.54) is 0 Å². The van der Waals surface area contributed by atoms with Crippen LogP contribution >= 0.6 is 0 Å². The van der Waals surface area contributed by atoms with Crippen molar-refractivity contribution in [1.82, 2.24) is 4.72 Å². The third-order valence-corrected chi connectivity index (χ3v) is 7.85. The van der Waals surface area contributed by atoms with Gasteiger partial charge in [-0.1, -0.05) is 0 Å². The molecule has 0 amide bonds. The zero-order valence-electron chi connectivity index (χ0n) is 22.3. The predicted molar refractivity (Wildman–Crippen MR) is 129 cm³/mol. The Bertz CT molecular complexity index is 1190. The van der Waals surface area contributed by atoms with E-state index in [9.17, 15) is 71.6 Å². The van der Waals surface area contributed by atoms with Crippen LogP contribution in [0, 0.1) is 0 Å². The summed E-state index contributed by atoms with van der Waals surface area (Å²) in [5.74, 6) is -1.93. The number of hydrogen-bond donors (Lipinski definition) is 11. The lowest BCUT2D eigenvalue weighted by atomic mass is 9.95. The summed E-state index contributed by atoms with van der Waals surface area (Å²) in [6.45, 7) is -1.84. The molecule has 3 fully saturated rings. The highest BCUT2D eigenvalue weighted by atomic mass is 32.3. The average Bonchev–Trinajstić information content (AvgIpc) is 2.91. The number of aliphatic carboxylic acids is 1. The molecule has 258 valence electrons. The van der Waals surface area contributed by atoms with Gasteiger partial charge in [-0.15, -0.1) is 0 Å². The Morgan fingerprint density at radius 3 is 1.95 bits per heavy atom. The SMILES string of the molecule is CO[C@H]1[C@H](O)[C@@H](NS(=O)(=O)O)[C@@H](O[C@H]2[C@H](O)[C@@H](OS(=O)(=O)O)[C@H](OC[C@H]3OC(O)[C@H](O)[C@@H](O)[C@@H]3O)O[C@H]2C(=O)O)O[C@@H]1CO. The van der Waals surface area contributed by atoms with Gasteiger partial charge < -0.3 is 69.3 Å². The fourth-order valence-electron chi connectivity index (χ4n) is 4.74. The molecule has 0 aromatic carbocycles. The van der Waals surface area contributed by atoms with E-state index in [2.05, 4.69) is 4.18 Å². The molecule has 3 aliphatic heterocycles. The van der Waals surface area contributed by atoms with Crippen molar-refractivity contribution < 1.29 is 104 Å². The molecule has 0 aliphatic carbocycles. The van der Waals surface area contributed by atoms with Crippen LogP contribution in [0.1, 0.15) is 0 Å². The van der Waals surface area contributed by atoms with E-state index in [1.54, 1.807) is 4.72 Å². The average molecular weight is 692 g/mol. The minimum atomic E-state index is -5.49. The zero-order valence-corrected chi connectivity index (χ0v) is 23.9. The van der Waals surface area contributed by atoms with Crippen LogP contribution in [0.25, 0.3) is 0 Å². The number of carbonyl (C=O) groups is 1. The van der Waals surface area contributed by atoms with Gasteiger partial charge in [-0.2, -0.15) is 21.6 Å². The van der Waals surface area contributed by atoms with Crippen molar-refractivity contribution in [2.75, 3.05) is 20.3 Å². The second kappa shape index (κ2) is 14.6. The Kier molecular flexibility index (Phi) is 12.4. The van der Waals surface area contributed by atoms with Crippen LogP contribution in [0.15, 0.2) is 0 Å². The summed E-state index contributed by atoms with van der Waals surface area (Å²) < 4.78 is 102. The summed E-state index contributed by atoms with van der Waals surface area (Å²) >= 11 is 0. The van der Waals surface area contributed by atoms with Crippen LogP contribution in [0.3, 0.4) is 0 Å². The molecule has 25 heteroatoms. The first-order valence-corrected chi connectivity index (χ1v) is 15.2. The summed E-state index contributed by atoms with van der Waals surface area (Å²) in [6, 6.07) is -2.02. The molecular weight excluding hydrogens is 658 g/mol. The van der Waals surface area contributed by atoms with Gasteiger partial charge in [-0.25, -0.2) is 8.98 Å². The van der Waals surface area contributed by atoms with Crippen LogP contribution in [0.2, 0.25) is 0 Å². The van der Waals surface area contributed by atoms with Crippen molar-refractivity contribution in [3.8, 4) is 0 Å². The smallest absolute Gasteiger partial charge is 0.397 e. The second-order valence-electron chi connectivity index (χ2n) is 9.75. The first-order valence-electron chi connectivity index (χ1n) is 12.4. The first kappa shape index (κ1) is 37.2. The normalized spacial score (nSPS) is 43.9. The standard InChI is InChI=1S/C19H33NO22S2/c1-36-12-4(2-21)39-18(6(8(12)23)20-43(30,31)32)40-13-11(26)14(42-44(33,34)35)19(41-15(13)16(27)28)37-3-5-7(22)9(24)10(25)17(29)38-5/h4-15,17-26,29H,2-3H2,1H3,(H,27,28)(H,30,31,32)(H,33,34,35)/t4-,5-,6-,7-,8-,9+,10-,11+,12-,13+,14-,15-,17?,18-,19-/m1/s1. The molecular formula is C19H33NO22S2. The Hall–Kier alpha value is -1.31. The summed E-state index contributed by atoms with van der Waals surface area (Å²) in [7, 11) is -9.59. The molecule has 15 atom stereocenters. The van der Waals surface area contributed by atoms with Gasteiger partial charge in [0.2, 0.25) is 0 Å². The van der Waals surface area contributed by atoms with Gasteiger partial charge in [0.1, 0.15) is 61.0 Å². The van der Waals surface area contributed by atoms with Gasteiger partial charge in [0.05, 0.1) is 13.2 Å². The molecule has 0 spiro atoms. The largest absolute Gasteiger partial charge is 0.479 e. The van der Waals surface area contributed by atoms with Gasteiger partial charge >= 0.3 is 26.7 Å². The first-order chi connectivity index (χ1) is 20.3. The van der Waals surface area contributed by atoms with Gasteiger partial charge in [0.25, 0.3) is 0 Å². The van der Waals surface area contributed by atoms with Crippen molar-refractivity contribution in [2.45, 2.75) is 92.1 Å². The van der Waals surface area contributed by atoms with E-state index in [-0.39, 0.29) is 0 Å². The lowest BCUT2D eigenvalue weighted by Gasteiger charge is -2.47. The van der Waals surface area contributed by atoms with Gasteiger partial charge in [-0.05, 0) is 0 Å². The fourth-order valence-corrected chi connectivity index (χ4v) is 5.82. The molecule has 0 aromatic heterocycles. The number of methoxy groups -OCH3 is 1. The predicted octanol–water partition coefficient (Wildman–Crippen LogP) is -7.60. The number of carboxylic acids is 1. The zero-order chi connectivity index (χ0) is 33.3. The number of carboxylic acid groups (broad SMARTS) is 1. The van der Waals surface area contributed by atoms with Crippen LogP contribution in [0.5, 0.6) is 0 Å². The highest BCUT2D eigenvalue weighted by Crippen LogP contribution is 2.33. The maximum Gasteiger partial charge on any atom is 0.397 e. The van der Waals surface area contributed by atoms with E-state index in [0.717, 1.165) is 7.11 Å². The maximum absolute atomic E-state index is 12.1. The Morgan fingerprint density at radius 2 is 1.43 bits per heavy atom. The van der Waals surface area contributed by atoms with E-state index >= 15 is 0 Å². The van der Waals surface area contributed by atoms with Crippen molar-refractivity contribution in [3.05, 3.63) is 0 Å². The minimum Gasteiger partial charge on any atom is -0.479 e. The summed E-state index contributed by atoms with van der Waals surface area (Å²) in [6.07, 6.45) is -28.4. The number of aliphatic hydroxyl groups is 7. The number of ether oxygens (including phenoxy) is 6. The molecule has 3 heterocycles. The van der Waals surface area contributed by atoms with E-state index in [0.29, 0.717) is 0 Å². The van der Waals surface area contributed by atoms with Gasteiger partial charge in [-0.3, -0.25) is 9.11 Å². The Labute approximate surface area is 248 Å². The quantitative estimate of drug-likeness (QED) is 0.0846. The van der Waals surface area contributed by atoms with Crippen LogP contribution in [-0.2, 0) is 58.1 Å². The van der Waals surface area contributed by atoms with Crippen molar-refractivity contribution in [3.63, 3.8) is 0 Å². The van der Waals surface area contributed by atoms with Crippen LogP contribution in [0.4, 0.5) is 0 Å². The molecule has 1 unspecified atom stereocenters. The van der Waals surface area contributed by atoms with E-state index in [1.807, 2.05) is 0 Å². The molecule has 0 saturated carbocycles. The molecule has 3 rings (SSSR count). The fraction of sp³-hybridized carbons (Fsp3) is 0.947. The third kappa shape index (κ3) is 8.73. The summed E-state index contributed by atoms with van der Waals surface area (Å²) in [4.78, 5) is 12.1. The lowest BCUT2D eigenvalue weighted by Crippen LogP contribution is -2.68. The second-order valence-corrected chi connectivity index (χ2v) is 12.0. The van der Waals surface area contributed by atoms with Crippen molar-refractivity contribution in [1.29, 1.82) is 0 Å². The lowest BCUT2D eigenvalue weighted by molar-refractivity contribution is -0.346. The number of aliphatic hydroxyl groups excluding tert-OH is 7. The molecule has 0 radical (unpaired) electrons. The van der Waals surface area contributed by atoms with Crippen molar-refractivity contribution >= 4 is 26.7 Å². The summed E-state index contributed by atoms with van der Waals surface area (Å²) in [5, 5.41) is 80.4. The van der Waals surface area contributed by atoms with E-state index < -0.39 is 132 Å². The van der Waals surface area contributed by atoms with Crippen LogP contribution in [-0.4, -0.2) is 185 Å². The minimum absolute atomic E-state index is 0.889. The highest BCUT2D eigenvalue weighted by Gasteiger charge is 2.56. The molecule has 0 aromatic rings. The molecule has 11 N–H and O–H groups in total. The highest BCUT2D eigenvalue weighted by molar-refractivity contribution is 7.83. The summed E-state index contributed by atoms with van der Waals surface area (Å²) in [5.41, 5.74) is 0. The Balaban J connectivity index is 1.91. The monoisotopic (exact) mass is 691 g/mol. The molecule has 44 heavy (non-hydrogen) atoms. The van der Waals surface area contributed by atoms with Gasteiger partial charge in [0, 0.05) is 7.11 Å². The van der Waals surface area contributed by atoms with E-state index in [4.69, 9.17) is 28.4 Å². The molecule has 3 aliphatic rings. The third-order valence-electron chi connectivity index (χ3n) is 6.81. The van der Waals surface area contributed by atoms with Gasteiger partial charge in [0.15, 0.2) is 31.1 Å². The maximum atomic E-state index is 12.1. The molecule has 3 saturated heterocycles. The van der Waals surface area contributed by atoms with Crippen LogP contribution < -0.4 is 4.72 Å².